The highest BCUT2D eigenvalue weighted by molar-refractivity contribution is 6.31. The highest BCUT2D eigenvalue weighted by atomic mass is 35.5. The highest BCUT2D eigenvalue weighted by Crippen LogP contribution is 2.32. The molecule has 0 amide bonds. The van der Waals surface area contributed by atoms with E-state index in [-0.39, 0.29) is 27.6 Å². The average Bonchev–Trinajstić information content (AvgIpc) is 2.87. The van der Waals surface area contributed by atoms with Crippen LogP contribution in [0.1, 0.15) is 5.56 Å². The Labute approximate surface area is 122 Å². The third kappa shape index (κ3) is 2.07. The normalized spacial score (nSPS) is 11.0. The predicted molar refractivity (Wildman–Crippen MR) is 72.0 cm³/mol. The maximum Gasteiger partial charge on any atom is 0.256 e. The van der Waals surface area contributed by atoms with Crippen LogP contribution in [-0.2, 0) is 0 Å². The molecule has 0 saturated heterocycles. The first-order valence-electron chi connectivity index (χ1n) is 5.55. The van der Waals surface area contributed by atoms with E-state index >= 15 is 0 Å². The van der Waals surface area contributed by atoms with E-state index in [1.165, 1.54) is 23.0 Å². The maximum absolute atomic E-state index is 13.9. The molecule has 2 aromatic heterocycles. The van der Waals surface area contributed by atoms with E-state index in [2.05, 4.69) is 15.1 Å². The van der Waals surface area contributed by atoms with Crippen LogP contribution in [0.2, 0.25) is 10.2 Å². The van der Waals surface area contributed by atoms with Crippen molar-refractivity contribution in [1.82, 2.24) is 19.6 Å². The summed E-state index contributed by atoms with van der Waals surface area (Å²) in [7, 11) is 0. The minimum atomic E-state index is -0.658. The molecule has 0 unspecified atom stereocenters. The average molecular weight is 313 g/mol. The van der Waals surface area contributed by atoms with Crippen molar-refractivity contribution >= 4 is 29.0 Å². The lowest BCUT2D eigenvalue weighted by Crippen LogP contribution is -2.02. The van der Waals surface area contributed by atoms with Crippen molar-refractivity contribution in [2.45, 2.75) is 6.92 Å². The Kier molecular flexibility index (Phi) is 3.19. The van der Waals surface area contributed by atoms with Gasteiger partial charge in [0.05, 0.1) is 5.02 Å². The fraction of sp³-hybridized carbons (Fsp3) is 0.0833. The zero-order valence-corrected chi connectivity index (χ0v) is 11.7. The Bertz CT molecular complexity index is 805. The van der Waals surface area contributed by atoms with E-state index < -0.39 is 5.82 Å². The van der Waals surface area contributed by atoms with Crippen LogP contribution in [0, 0.1) is 12.7 Å². The Morgan fingerprint density at radius 3 is 2.90 bits per heavy atom. The lowest BCUT2D eigenvalue weighted by atomic mass is 10.3. The Morgan fingerprint density at radius 1 is 1.30 bits per heavy atom. The van der Waals surface area contributed by atoms with Crippen LogP contribution >= 0.6 is 23.2 Å². The summed E-state index contributed by atoms with van der Waals surface area (Å²) in [6.45, 7) is 1.69. The molecule has 0 bridgehead atoms. The van der Waals surface area contributed by atoms with Gasteiger partial charge in [-0.1, -0.05) is 29.3 Å². The standard InChI is InChI=1S/C12H7Cl2FN4O/c1-6-10(14)18-12-16-5-17-19(12)11(6)20-8-4-2-3-7(13)9(8)15/h2-5H,1H3. The van der Waals surface area contributed by atoms with Gasteiger partial charge in [-0.05, 0) is 19.1 Å². The van der Waals surface area contributed by atoms with Gasteiger partial charge in [0.1, 0.15) is 11.5 Å². The zero-order valence-electron chi connectivity index (χ0n) is 10.1. The number of benzene rings is 1. The van der Waals surface area contributed by atoms with Crippen molar-refractivity contribution in [3.63, 3.8) is 0 Å². The fourth-order valence-electron chi connectivity index (χ4n) is 1.66. The summed E-state index contributed by atoms with van der Waals surface area (Å²) < 4.78 is 20.8. The lowest BCUT2D eigenvalue weighted by Gasteiger charge is -2.11. The summed E-state index contributed by atoms with van der Waals surface area (Å²) in [5.74, 6) is -0.189. The minimum Gasteiger partial charge on any atom is -0.435 e. The number of hydrogen-bond acceptors (Lipinski definition) is 4. The first-order chi connectivity index (χ1) is 9.58. The van der Waals surface area contributed by atoms with Gasteiger partial charge in [-0.15, -0.1) is 0 Å². The number of fused-ring (bicyclic) bond motifs is 1. The molecule has 3 aromatic rings. The molecule has 0 fully saturated rings. The van der Waals surface area contributed by atoms with Crippen LogP contribution in [0.4, 0.5) is 4.39 Å². The van der Waals surface area contributed by atoms with Crippen LogP contribution in [0.25, 0.3) is 5.78 Å². The molecule has 0 N–H and O–H groups in total. The molecule has 20 heavy (non-hydrogen) atoms. The monoisotopic (exact) mass is 312 g/mol. The molecule has 0 atom stereocenters. The van der Waals surface area contributed by atoms with Gasteiger partial charge in [-0.3, -0.25) is 0 Å². The van der Waals surface area contributed by atoms with Gasteiger partial charge >= 0.3 is 0 Å². The summed E-state index contributed by atoms with van der Waals surface area (Å²) in [4.78, 5) is 7.95. The molecule has 2 heterocycles. The van der Waals surface area contributed by atoms with Crippen LogP contribution < -0.4 is 4.74 Å². The number of ether oxygens (including phenoxy) is 1. The molecule has 8 heteroatoms. The van der Waals surface area contributed by atoms with E-state index in [1.807, 2.05) is 0 Å². The SMILES string of the molecule is Cc1c(Cl)nc2ncnn2c1Oc1cccc(Cl)c1F. The van der Waals surface area contributed by atoms with E-state index in [0.29, 0.717) is 5.56 Å². The van der Waals surface area contributed by atoms with Crippen molar-refractivity contribution in [3.8, 4) is 11.6 Å². The van der Waals surface area contributed by atoms with Gasteiger partial charge in [-0.25, -0.2) is 4.39 Å². The third-order valence-corrected chi connectivity index (χ3v) is 3.33. The van der Waals surface area contributed by atoms with Crippen LogP contribution in [-0.4, -0.2) is 19.6 Å². The van der Waals surface area contributed by atoms with E-state index in [4.69, 9.17) is 27.9 Å². The first kappa shape index (κ1) is 13.1. The molecule has 5 nitrogen and oxygen atoms in total. The summed E-state index contributed by atoms with van der Waals surface area (Å²) in [5.41, 5.74) is 0.518. The quantitative estimate of drug-likeness (QED) is 0.677. The lowest BCUT2D eigenvalue weighted by molar-refractivity contribution is 0.412. The molecule has 0 aliphatic heterocycles. The number of hydrogen-bond donors (Lipinski definition) is 0. The predicted octanol–water partition coefficient (Wildman–Crippen LogP) is 3.67. The Morgan fingerprint density at radius 2 is 2.10 bits per heavy atom. The third-order valence-electron chi connectivity index (χ3n) is 2.67. The largest absolute Gasteiger partial charge is 0.435 e. The summed E-state index contributed by atoms with van der Waals surface area (Å²) >= 11 is 11.7. The minimum absolute atomic E-state index is 0.0281. The van der Waals surface area contributed by atoms with Crippen LogP contribution in [0.3, 0.4) is 0 Å². The van der Waals surface area contributed by atoms with Crippen molar-refractivity contribution < 1.29 is 9.13 Å². The maximum atomic E-state index is 13.9. The van der Waals surface area contributed by atoms with E-state index in [0.717, 1.165) is 0 Å². The Hall–Kier alpha value is -1.92. The topological polar surface area (TPSA) is 52.3 Å². The number of halogens is 3. The second-order valence-corrected chi connectivity index (χ2v) is 4.72. The second-order valence-electron chi connectivity index (χ2n) is 3.96. The Balaban J connectivity index is 2.17. The number of rotatable bonds is 2. The summed E-state index contributed by atoms with van der Waals surface area (Å²) in [6.07, 6.45) is 1.30. The van der Waals surface area contributed by atoms with Gasteiger partial charge < -0.3 is 4.74 Å². The molecule has 0 saturated carbocycles. The van der Waals surface area contributed by atoms with Crippen molar-refractivity contribution in [3.05, 3.63) is 46.1 Å². The van der Waals surface area contributed by atoms with Gasteiger partial charge in [0, 0.05) is 5.56 Å². The number of nitrogens with zero attached hydrogens (tertiary/aromatic N) is 4. The van der Waals surface area contributed by atoms with Gasteiger partial charge in [0.15, 0.2) is 11.6 Å². The highest BCUT2D eigenvalue weighted by Gasteiger charge is 2.16. The summed E-state index contributed by atoms with van der Waals surface area (Å²) in [5, 5.41) is 4.15. The zero-order chi connectivity index (χ0) is 14.3. The molecule has 0 aliphatic rings. The molecule has 0 spiro atoms. The molecular formula is C12H7Cl2FN4O. The second kappa shape index (κ2) is 4.88. The number of aromatic nitrogens is 4. The van der Waals surface area contributed by atoms with Crippen LogP contribution in [0.15, 0.2) is 24.5 Å². The smallest absolute Gasteiger partial charge is 0.256 e. The van der Waals surface area contributed by atoms with Crippen molar-refractivity contribution in [1.29, 1.82) is 0 Å². The van der Waals surface area contributed by atoms with Crippen LogP contribution in [0.5, 0.6) is 11.6 Å². The molecule has 0 radical (unpaired) electrons. The van der Waals surface area contributed by atoms with E-state index in [1.54, 1.807) is 13.0 Å². The molecule has 0 aliphatic carbocycles. The van der Waals surface area contributed by atoms with Gasteiger partial charge in [0.2, 0.25) is 5.88 Å². The molecule has 1 aromatic carbocycles. The molecule has 3 rings (SSSR count). The fourth-order valence-corrected chi connectivity index (χ4v) is 1.98. The molecular weight excluding hydrogens is 306 g/mol. The molecule has 102 valence electrons. The van der Waals surface area contributed by atoms with Gasteiger partial charge in [0.25, 0.3) is 5.78 Å². The summed E-state index contributed by atoms with van der Waals surface area (Å²) in [6, 6.07) is 4.47. The van der Waals surface area contributed by atoms with E-state index in [9.17, 15) is 4.39 Å². The first-order valence-corrected chi connectivity index (χ1v) is 6.31. The van der Waals surface area contributed by atoms with Crippen molar-refractivity contribution in [2.24, 2.45) is 0 Å². The van der Waals surface area contributed by atoms with Crippen molar-refractivity contribution in [2.75, 3.05) is 0 Å². The van der Waals surface area contributed by atoms with Gasteiger partial charge in [-0.2, -0.15) is 19.6 Å².